The largest absolute Gasteiger partial charge is 0.481 e. The van der Waals surface area contributed by atoms with Crippen LogP contribution in [0.3, 0.4) is 0 Å². The van der Waals surface area contributed by atoms with Crippen LogP contribution in [0.2, 0.25) is 0 Å². The number of hydrogen-bond acceptors (Lipinski definition) is 3. The third-order valence-electron chi connectivity index (χ3n) is 3.69. The zero-order chi connectivity index (χ0) is 13.3. The van der Waals surface area contributed by atoms with Crippen LogP contribution < -0.4 is 4.90 Å². The summed E-state index contributed by atoms with van der Waals surface area (Å²) >= 11 is 1.84. The molecule has 3 nitrogen and oxygen atoms in total. The molecule has 1 aliphatic heterocycles. The summed E-state index contributed by atoms with van der Waals surface area (Å²) in [4.78, 5) is 14.3. The summed E-state index contributed by atoms with van der Waals surface area (Å²) in [5, 5.41) is 8.80. The second kappa shape index (κ2) is 5.22. The molecule has 0 saturated carbocycles. The molecule has 2 rings (SSSR count). The normalized spacial score (nSPS) is 18.6. The van der Waals surface area contributed by atoms with Gasteiger partial charge < -0.3 is 10.0 Å². The fraction of sp³-hybridized carbons (Fsp3) is 0.500. The van der Waals surface area contributed by atoms with Crippen molar-refractivity contribution in [3.8, 4) is 0 Å². The van der Waals surface area contributed by atoms with Gasteiger partial charge in [0.25, 0.3) is 0 Å². The van der Waals surface area contributed by atoms with Crippen LogP contribution in [0, 0.1) is 13.8 Å². The number of rotatable bonds is 3. The first kappa shape index (κ1) is 13.3. The van der Waals surface area contributed by atoms with E-state index in [-0.39, 0.29) is 6.42 Å². The molecular formula is C14H19NO2S. The maximum absolute atomic E-state index is 10.7. The minimum atomic E-state index is -0.708. The van der Waals surface area contributed by atoms with Crippen LogP contribution in [0.1, 0.15) is 24.0 Å². The first-order chi connectivity index (χ1) is 8.50. The molecule has 98 valence electrons. The predicted molar refractivity (Wildman–Crippen MR) is 75.7 cm³/mol. The van der Waals surface area contributed by atoms with Crippen molar-refractivity contribution in [1.82, 2.24) is 0 Å². The van der Waals surface area contributed by atoms with Crippen molar-refractivity contribution in [2.45, 2.75) is 37.6 Å². The second-order valence-corrected chi connectivity index (χ2v) is 5.92. The molecule has 0 fully saturated rings. The zero-order valence-corrected chi connectivity index (χ0v) is 11.9. The van der Waals surface area contributed by atoms with Crippen molar-refractivity contribution in [3.05, 3.63) is 23.3 Å². The third-order valence-corrected chi connectivity index (χ3v) is 4.88. The maximum atomic E-state index is 10.7. The van der Waals surface area contributed by atoms with Gasteiger partial charge in [-0.05, 0) is 37.5 Å². The highest BCUT2D eigenvalue weighted by molar-refractivity contribution is 7.99. The monoisotopic (exact) mass is 265 g/mol. The molecule has 4 heteroatoms. The van der Waals surface area contributed by atoms with Crippen molar-refractivity contribution < 1.29 is 9.90 Å². The molecular weight excluding hydrogens is 246 g/mol. The Morgan fingerprint density at radius 2 is 2.22 bits per heavy atom. The van der Waals surface area contributed by atoms with E-state index in [2.05, 4.69) is 37.9 Å². The molecule has 0 bridgehead atoms. The standard InChI is InChI=1S/C14H19NO2S/c1-9-4-6-12-14(10(9)2)15(3)11(8-18-12)5-7-13(16)17/h4,6,11H,5,7-8H2,1-3H3,(H,16,17). The number of nitrogens with zero attached hydrogens (tertiary/aromatic N) is 1. The summed E-state index contributed by atoms with van der Waals surface area (Å²) in [6.07, 6.45) is 0.960. The van der Waals surface area contributed by atoms with Gasteiger partial charge in [-0.25, -0.2) is 0 Å². The van der Waals surface area contributed by atoms with E-state index in [4.69, 9.17) is 5.11 Å². The van der Waals surface area contributed by atoms with E-state index in [1.807, 2.05) is 11.8 Å². The SMILES string of the molecule is Cc1ccc2c(c1C)N(C)C(CCC(=O)O)CS2. The van der Waals surface area contributed by atoms with E-state index in [1.165, 1.54) is 21.7 Å². The Morgan fingerprint density at radius 3 is 2.89 bits per heavy atom. The highest BCUT2D eigenvalue weighted by Gasteiger charge is 2.26. The Balaban J connectivity index is 2.24. The first-order valence-electron chi connectivity index (χ1n) is 6.18. The predicted octanol–water partition coefficient (Wildman–Crippen LogP) is 3.08. The van der Waals surface area contributed by atoms with Crippen molar-refractivity contribution in [1.29, 1.82) is 0 Å². The highest BCUT2D eigenvalue weighted by atomic mass is 32.2. The fourth-order valence-electron chi connectivity index (χ4n) is 2.38. The average Bonchev–Trinajstić information content (AvgIpc) is 2.32. The lowest BCUT2D eigenvalue weighted by Gasteiger charge is -2.37. The maximum Gasteiger partial charge on any atom is 0.303 e. The Morgan fingerprint density at radius 1 is 1.50 bits per heavy atom. The Hall–Kier alpha value is -1.16. The number of aliphatic carboxylic acids is 1. The molecule has 0 saturated heterocycles. The summed E-state index contributed by atoms with van der Waals surface area (Å²) in [6, 6.07) is 4.65. The quantitative estimate of drug-likeness (QED) is 0.912. The van der Waals surface area contributed by atoms with Crippen LogP contribution in [0.5, 0.6) is 0 Å². The smallest absolute Gasteiger partial charge is 0.303 e. The molecule has 1 aromatic carbocycles. The number of aryl methyl sites for hydroxylation is 1. The Kier molecular flexibility index (Phi) is 3.85. The van der Waals surface area contributed by atoms with Gasteiger partial charge >= 0.3 is 5.97 Å². The van der Waals surface area contributed by atoms with Gasteiger partial charge in [-0.3, -0.25) is 4.79 Å². The molecule has 0 radical (unpaired) electrons. The highest BCUT2D eigenvalue weighted by Crippen LogP contribution is 2.40. The lowest BCUT2D eigenvalue weighted by atomic mass is 10.0. The topological polar surface area (TPSA) is 40.5 Å². The van der Waals surface area contributed by atoms with E-state index in [1.54, 1.807) is 0 Å². The van der Waals surface area contributed by atoms with E-state index < -0.39 is 5.97 Å². The average molecular weight is 265 g/mol. The third kappa shape index (κ3) is 2.48. The molecule has 1 heterocycles. The summed E-state index contributed by atoms with van der Waals surface area (Å²) in [5.74, 6) is 0.263. The second-order valence-electron chi connectivity index (χ2n) is 4.86. The van der Waals surface area contributed by atoms with Crippen molar-refractivity contribution in [2.75, 3.05) is 17.7 Å². The molecule has 1 unspecified atom stereocenters. The molecule has 18 heavy (non-hydrogen) atoms. The van der Waals surface area contributed by atoms with Crippen LogP contribution in [-0.4, -0.2) is 29.9 Å². The number of carbonyl (C=O) groups is 1. The van der Waals surface area contributed by atoms with Gasteiger partial charge in [-0.2, -0.15) is 0 Å². The van der Waals surface area contributed by atoms with Crippen molar-refractivity contribution in [2.24, 2.45) is 0 Å². The number of fused-ring (bicyclic) bond motifs is 1. The van der Waals surface area contributed by atoms with E-state index >= 15 is 0 Å². The van der Waals surface area contributed by atoms with Gasteiger partial charge in [0.2, 0.25) is 0 Å². The zero-order valence-electron chi connectivity index (χ0n) is 11.1. The molecule has 1 aliphatic rings. The van der Waals surface area contributed by atoms with Crippen LogP contribution in [0.4, 0.5) is 5.69 Å². The molecule has 0 spiro atoms. The number of thioether (sulfide) groups is 1. The van der Waals surface area contributed by atoms with Crippen LogP contribution >= 0.6 is 11.8 Å². The van der Waals surface area contributed by atoms with E-state index in [9.17, 15) is 4.79 Å². The van der Waals surface area contributed by atoms with Gasteiger partial charge in [0.05, 0.1) is 5.69 Å². The molecule has 1 atom stereocenters. The fourth-order valence-corrected chi connectivity index (χ4v) is 3.74. The Bertz CT molecular complexity index is 473. The van der Waals surface area contributed by atoms with Gasteiger partial charge in [0, 0.05) is 30.2 Å². The number of hydrogen-bond donors (Lipinski definition) is 1. The van der Waals surface area contributed by atoms with Gasteiger partial charge in [-0.15, -0.1) is 11.8 Å². The van der Waals surface area contributed by atoms with Gasteiger partial charge in [0.15, 0.2) is 0 Å². The lowest BCUT2D eigenvalue weighted by Crippen LogP contribution is -2.37. The lowest BCUT2D eigenvalue weighted by molar-refractivity contribution is -0.137. The van der Waals surface area contributed by atoms with Crippen LogP contribution in [-0.2, 0) is 4.79 Å². The Labute approximate surface area is 112 Å². The van der Waals surface area contributed by atoms with E-state index in [0.29, 0.717) is 12.5 Å². The summed E-state index contributed by atoms with van der Waals surface area (Å²) in [5.41, 5.74) is 3.88. The number of carboxylic acid groups (broad SMARTS) is 1. The summed E-state index contributed by atoms with van der Waals surface area (Å²) in [7, 11) is 2.08. The van der Waals surface area contributed by atoms with E-state index in [0.717, 1.165) is 5.75 Å². The molecule has 0 aliphatic carbocycles. The minimum Gasteiger partial charge on any atom is -0.481 e. The summed E-state index contributed by atoms with van der Waals surface area (Å²) in [6.45, 7) is 4.26. The van der Waals surface area contributed by atoms with Crippen LogP contribution in [0.15, 0.2) is 17.0 Å². The molecule has 0 amide bonds. The number of benzene rings is 1. The first-order valence-corrected chi connectivity index (χ1v) is 7.17. The number of anilines is 1. The van der Waals surface area contributed by atoms with Crippen molar-refractivity contribution in [3.63, 3.8) is 0 Å². The minimum absolute atomic E-state index is 0.246. The van der Waals surface area contributed by atoms with Gasteiger partial charge in [0.1, 0.15) is 0 Å². The number of carboxylic acids is 1. The molecule has 0 aromatic heterocycles. The molecule has 1 N–H and O–H groups in total. The van der Waals surface area contributed by atoms with Crippen LogP contribution in [0.25, 0.3) is 0 Å². The molecule has 1 aromatic rings. The summed E-state index contributed by atoms with van der Waals surface area (Å²) < 4.78 is 0. The van der Waals surface area contributed by atoms with Crippen molar-refractivity contribution >= 4 is 23.4 Å². The van der Waals surface area contributed by atoms with Gasteiger partial charge in [-0.1, -0.05) is 6.07 Å².